The number of anilines is 2. The summed E-state index contributed by atoms with van der Waals surface area (Å²) >= 11 is 0. The summed E-state index contributed by atoms with van der Waals surface area (Å²) in [6.07, 6.45) is -8.55. The van der Waals surface area contributed by atoms with Crippen molar-refractivity contribution < 1.29 is 56.7 Å². The Bertz CT molecular complexity index is 2010. The molecule has 0 aromatic carbocycles. The van der Waals surface area contributed by atoms with Crippen LogP contribution in [0.25, 0.3) is 22.3 Å². The van der Waals surface area contributed by atoms with Gasteiger partial charge in [0.2, 0.25) is 11.9 Å². The minimum atomic E-state index is -5.10. The van der Waals surface area contributed by atoms with Gasteiger partial charge in [-0.15, -0.1) is 0 Å². The molecule has 6 rings (SSSR count). The fourth-order valence-corrected chi connectivity index (χ4v) is 6.70. The third kappa shape index (κ3) is 6.72. The van der Waals surface area contributed by atoms with Crippen LogP contribution in [-0.4, -0.2) is 109 Å². The van der Waals surface area contributed by atoms with Crippen LogP contribution in [0.15, 0.2) is 22.2 Å². The number of aliphatic hydroxyl groups excluding tert-OH is 2. The largest absolute Gasteiger partial charge is 0.472 e. The number of rotatable bonds is 5. The summed E-state index contributed by atoms with van der Waals surface area (Å²) in [5.74, 6) is -0.545. The lowest BCUT2D eigenvalue weighted by atomic mass is 10.1. The highest BCUT2D eigenvalue weighted by Crippen LogP contribution is 2.51. The molecular formula is C21H28N10O14P2. The molecule has 9 atom stereocenters. The normalized spacial score (nSPS) is 32.1. The molecule has 0 aliphatic carbocycles. The number of aromatic nitrogens is 8. The molecule has 6 heterocycles. The van der Waals surface area contributed by atoms with Gasteiger partial charge >= 0.3 is 15.6 Å². The number of imidazole rings is 2. The van der Waals surface area contributed by atoms with E-state index in [0.717, 1.165) is 21.8 Å². The highest BCUT2D eigenvalue weighted by Gasteiger charge is 2.50. The smallest absolute Gasteiger partial charge is 0.389 e. The predicted molar refractivity (Wildman–Crippen MR) is 153 cm³/mol. The van der Waals surface area contributed by atoms with Crippen LogP contribution in [0.4, 0.5) is 11.9 Å². The second-order valence-electron chi connectivity index (χ2n) is 10.4. The highest BCUT2D eigenvalue weighted by atomic mass is 31.2. The van der Waals surface area contributed by atoms with Crippen LogP contribution in [0.2, 0.25) is 0 Å². The topological polar surface area (TPSA) is 350 Å². The van der Waals surface area contributed by atoms with Crippen LogP contribution in [0.1, 0.15) is 19.4 Å². The van der Waals surface area contributed by atoms with Gasteiger partial charge in [-0.05, 0) is 6.92 Å². The lowest BCUT2D eigenvalue weighted by Gasteiger charge is -2.30. The monoisotopic (exact) mass is 706 g/mol. The number of hydrogen-bond donors (Lipinski definition) is 8. The SMILES string of the molecule is C[C@H](O)[C@@H](O[C@H]1COP(=O)(O)OC[C@H]2O[C@@H](n3cnc4c(=O)[nH]c(N)nc43)[C@@H](O)C2OP(=O)(O)OC1)n1cnc2c(=O)[nH]c(N)nc21. The molecule has 0 radical (unpaired) electrons. The molecule has 47 heavy (non-hydrogen) atoms. The highest BCUT2D eigenvalue weighted by molar-refractivity contribution is 7.47. The van der Waals surface area contributed by atoms with E-state index in [2.05, 4.69) is 29.9 Å². The van der Waals surface area contributed by atoms with Gasteiger partial charge in [0.1, 0.15) is 24.4 Å². The maximum absolute atomic E-state index is 13.1. The molecule has 4 aromatic rings. The van der Waals surface area contributed by atoms with E-state index in [1.54, 1.807) is 0 Å². The Hall–Kier alpha value is -3.64. The Kier molecular flexibility index (Phi) is 8.80. The number of nitrogens with two attached hydrogens (primary N) is 2. The lowest BCUT2D eigenvalue weighted by Crippen LogP contribution is -2.37. The summed E-state index contributed by atoms with van der Waals surface area (Å²) in [6.45, 7) is -1.18. The molecule has 3 unspecified atom stereocenters. The number of phosphoric acid groups is 2. The van der Waals surface area contributed by atoms with Gasteiger partial charge in [0.05, 0.1) is 38.6 Å². The molecule has 2 fully saturated rings. The molecule has 10 N–H and O–H groups in total. The van der Waals surface area contributed by atoms with Crippen molar-refractivity contribution in [3.05, 3.63) is 33.4 Å². The Labute approximate surface area is 260 Å². The van der Waals surface area contributed by atoms with Gasteiger partial charge in [-0.3, -0.25) is 46.8 Å². The fourth-order valence-electron chi connectivity index (χ4n) is 4.95. The zero-order valence-corrected chi connectivity index (χ0v) is 25.7. The third-order valence-corrected chi connectivity index (χ3v) is 8.94. The van der Waals surface area contributed by atoms with Gasteiger partial charge in [-0.1, -0.05) is 0 Å². The van der Waals surface area contributed by atoms with Crippen LogP contribution in [-0.2, 0) is 36.7 Å². The number of ether oxygens (including phenoxy) is 2. The van der Waals surface area contributed by atoms with Crippen molar-refractivity contribution >= 4 is 49.9 Å². The summed E-state index contributed by atoms with van der Waals surface area (Å²) in [7, 11) is -10.0. The average molecular weight is 706 g/mol. The van der Waals surface area contributed by atoms with Crippen molar-refractivity contribution in [1.82, 2.24) is 39.0 Å². The molecule has 256 valence electrons. The van der Waals surface area contributed by atoms with Crippen LogP contribution >= 0.6 is 15.6 Å². The molecule has 4 aromatic heterocycles. The molecule has 24 nitrogen and oxygen atoms in total. The molecule has 2 aliphatic rings. The number of phosphoric ester groups is 2. The number of nitrogens with zero attached hydrogens (tertiary/aromatic N) is 6. The first kappa shape index (κ1) is 33.3. The van der Waals surface area contributed by atoms with Gasteiger partial charge in [-0.2, -0.15) is 9.97 Å². The molecule has 0 spiro atoms. The van der Waals surface area contributed by atoms with E-state index >= 15 is 0 Å². The predicted octanol–water partition coefficient (Wildman–Crippen LogP) is -2.41. The zero-order valence-electron chi connectivity index (χ0n) is 23.9. The van der Waals surface area contributed by atoms with Gasteiger partial charge in [0.25, 0.3) is 11.1 Å². The lowest BCUT2D eigenvalue weighted by molar-refractivity contribution is -0.135. The fraction of sp³-hybridized carbons (Fsp3) is 0.524. The Balaban J connectivity index is 1.26. The third-order valence-electron chi connectivity index (χ3n) is 7.01. The second-order valence-corrected chi connectivity index (χ2v) is 13.2. The van der Waals surface area contributed by atoms with E-state index in [1.807, 2.05) is 0 Å². The number of H-pyrrole nitrogens is 2. The van der Waals surface area contributed by atoms with Gasteiger partial charge in [0, 0.05) is 0 Å². The summed E-state index contributed by atoms with van der Waals surface area (Å²) in [4.78, 5) is 65.9. The van der Waals surface area contributed by atoms with E-state index < -0.39 is 89.6 Å². The Morgan fingerprint density at radius 2 is 1.53 bits per heavy atom. The van der Waals surface area contributed by atoms with Crippen LogP contribution in [0.5, 0.6) is 0 Å². The van der Waals surface area contributed by atoms with Crippen LogP contribution in [0.3, 0.4) is 0 Å². The average Bonchev–Trinajstić information content (AvgIpc) is 3.67. The standard InChI is InChI=1S/C21H28N10O14P2/c1-7(32)18(30-5-24-10-14(30)26-20(22)28-16(10)34)43-8-2-40-46(36,37)42-4-9-13(45-47(38,39)41-3-8)12(33)19(44-9)31-6-25-11-15(31)27-21(23)29-17(11)35/h5-9,12-13,18-19,32-33H,2-4H2,1H3,(H,36,37)(H,38,39)(H3,22,26,28,34)(H3,23,27,29,35)/t7-,8-,9+,12-,13?,18+,19+/m0/s1. The number of nitrogen functional groups attached to an aromatic ring is 2. The quantitative estimate of drug-likeness (QED) is 0.100. The number of fused-ring (bicyclic) bond motifs is 3. The molecule has 2 aliphatic heterocycles. The second kappa shape index (κ2) is 12.4. The summed E-state index contributed by atoms with van der Waals surface area (Å²) in [6, 6.07) is 0. The number of aliphatic hydroxyl groups is 2. The molecular weight excluding hydrogens is 678 g/mol. The van der Waals surface area contributed by atoms with Crippen molar-refractivity contribution in [1.29, 1.82) is 0 Å². The zero-order chi connectivity index (χ0) is 33.8. The summed E-state index contributed by atoms with van der Waals surface area (Å²) < 4.78 is 60.2. The molecule has 0 bridgehead atoms. The van der Waals surface area contributed by atoms with Gasteiger partial charge in [-0.25, -0.2) is 19.1 Å². The maximum atomic E-state index is 13.1. The minimum Gasteiger partial charge on any atom is -0.389 e. The minimum absolute atomic E-state index is 0.0940. The van der Waals surface area contributed by atoms with Crippen LogP contribution in [0, 0.1) is 0 Å². The number of nitrogens with one attached hydrogen (secondary N) is 2. The van der Waals surface area contributed by atoms with Gasteiger partial charge < -0.3 is 40.9 Å². The van der Waals surface area contributed by atoms with Crippen molar-refractivity contribution in [2.75, 3.05) is 31.3 Å². The first-order chi connectivity index (χ1) is 22.1. The van der Waals surface area contributed by atoms with E-state index in [-0.39, 0.29) is 34.2 Å². The summed E-state index contributed by atoms with van der Waals surface area (Å²) in [5, 5.41) is 21.7. The van der Waals surface area contributed by atoms with Crippen molar-refractivity contribution in [3.63, 3.8) is 0 Å². The molecule has 26 heteroatoms. The molecule has 0 amide bonds. The van der Waals surface area contributed by atoms with E-state index in [1.165, 1.54) is 6.92 Å². The van der Waals surface area contributed by atoms with Gasteiger partial charge in [0.15, 0.2) is 34.8 Å². The summed E-state index contributed by atoms with van der Waals surface area (Å²) in [5.41, 5.74) is 9.37. The molecule has 2 saturated heterocycles. The first-order valence-electron chi connectivity index (χ1n) is 13.5. The first-order valence-corrected chi connectivity index (χ1v) is 16.5. The van der Waals surface area contributed by atoms with Crippen molar-refractivity contribution in [2.24, 2.45) is 0 Å². The van der Waals surface area contributed by atoms with Crippen molar-refractivity contribution in [2.45, 2.75) is 49.9 Å². The van der Waals surface area contributed by atoms with E-state index in [0.29, 0.717) is 0 Å². The number of hydrogen-bond acceptors (Lipinski definition) is 18. The van der Waals surface area contributed by atoms with E-state index in [9.17, 15) is 38.7 Å². The van der Waals surface area contributed by atoms with Crippen LogP contribution < -0.4 is 22.6 Å². The Morgan fingerprint density at radius 1 is 0.957 bits per heavy atom. The Morgan fingerprint density at radius 3 is 2.19 bits per heavy atom. The van der Waals surface area contributed by atoms with E-state index in [4.69, 9.17) is 39.0 Å². The maximum Gasteiger partial charge on any atom is 0.472 e. The molecule has 0 saturated carbocycles. The number of aromatic amines is 2. The van der Waals surface area contributed by atoms with Crippen molar-refractivity contribution in [3.8, 4) is 0 Å².